The monoisotopic (exact) mass is 406 g/mol. The molecular formula is C28H26N2O. The van der Waals surface area contributed by atoms with Gasteiger partial charge in [0.15, 0.2) is 0 Å². The van der Waals surface area contributed by atoms with Crippen molar-refractivity contribution in [3.05, 3.63) is 70.9 Å². The number of benzene rings is 3. The molecule has 0 atom stereocenters. The van der Waals surface area contributed by atoms with Crippen LogP contribution in [-0.4, -0.2) is 9.97 Å². The molecule has 154 valence electrons. The van der Waals surface area contributed by atoms with Gasteiger partial charge in [-0.15, -0.1) is 0 Å². The maximum absolute atomic E-state index is 6.65. The van der Waals surface area contributed by atoms with Gasteiger partial charge in [0.2, 0.25) is 0 Å². The van der Waals surface area contributed by atoms with Crippen LogP contribution in [0.15, 0.2) is 52.9 Å². The van der Waals surface area contributed by atoms with E-state index in [-0.39, 0.29) is 10.8 Å². The van der Waals surface area contributed by atoms with Crippen molar-refractivity contribution in [3.8, 4) is 11.3 Å². The third-order valence-corrected chi connectivity index (χ3v) is 6.87. The van der Waals surface area contributed by atoms with Gasteiger partial charge in [-0.1, -0.05) is 71.0 Å². The highest BCUT2D eigenvalue weighted by Crippen LogP contribution is 2.51. The standard InChI is InChI=1S/C28H26N2O/c1-15-11-12-16-21-22-17(13-14-18(27(2,3)4)25(22)31-24(15)21)28(5,6)26-23(16)29-19-9-7-8-10-20(19)30-26/h7-14H,1-6H3. The number of para-hydroxylation sites is 2. The van der Waals surface area contributed by atoms with E-state index in [4.69, 9.17) is 14.4 Å². The maximum Gasteiger partial charge on any atom is 0.139 e. The van der Waals surface area contributed by atoms with Crippen molar-refractivity contribution in [1.29, 1.82) is 0 Å². The molecule has 0 fully saturated rings. The molecule has 2 heterocycles. The van der Waals surface area contributed by atoms with Crippen molar-refractivity contribution in [1.82, 2.24) is 9.97 Å². The molecule has 31 heavy (non-hydrogen) atoms. The highest BCUT2D eigenvalue weighted by molar-refractivity contribution is 6.17. The van der Waals surface area contributed by atoms with E-state index in [9.17, 15) is 0 Å². The molecule has 0 spiro atoms. The third kappa shape index (κ3) is 2.35. The SMILES string of the molecule is Cc1ccc2c3c1oc1c(C(C)(C)C)ccc(c13)C(C)(C)c1nc3ccccc3nc1-2. The molecule has 0 N–H and O–H groups in total. The van der Waals surface area contributed by atoms with Gasteiger partial charge in [-0.05, 0) is 35.6 Å². The topological polar surface area (TPSA) is 38.9 Å². The van der Waals surface area contributed by atoms with E-state index in [2.05, 4.69) is 71.9 Å². The summed E-state index contributed by atoms with van der Waals surface area (Å²) in [6.07, 6.45) is 0. The normalized spacial score (nSPS) is 15.0. The molecule has 6 rings (SSSR count). The zero-order valence-electron chi connectivity index (χ0n) is 18.9. The van der Waals surface area contributed by atoms with Crippen molar-refractivity contribution < 1.29 is 4.42 Å². The Morgan fingerprint density at radius 1 is 0.806 bits per heavy atom. The second-order valence-corrected chi connectivity index (χ2v) is 10.4. The van der Waals surface area contributed by atoms with E-state index in [0.717, 1.165) is 44.7 Å². The zero-order valence-corrected chi connectivity index (χ0v) is 18.9. The minimum absolute atomic E-state index is 0.0189. The second kappa shape index (κ2) is 5.73. The predicted octanol–water partition coefficient (Wildman–Crippen LogP) is 7.44. The number of hydrogen-bond acceptors (Lipinski definition) is 3. The Morgan fingerprint density at radius 2 is 1.52 bits per heavy atom. The fraction of sp³-hybridized carbons (Fsp3) is 0.286. The lowest BCUT2D eigenvalue weighted by Gasteiger charge is -2.28. The lowest BCUT2D eigenvalue weighted by molar-refractivity contribution is 0.569. The van der Waals surface area contributed by atoms with Gasteiger partial charge in [0, 0.05) is 27.3 Å². The molecule has 3 aromatic carbocycles. The molecule has 0 radical (unpaired) electrons. The Morgan fingerprint density at radius 3 is 2.23 bits per heavy atom. The van der Waals surface area contributed by atoms with Crippen LogP contribution in [0, 0.1) is 6.92 Å². The van der Waals surface area contributed by atoms with E-state index in [1.165, 1.54) is 21.9 Å². The Balaban J connectivity index is 1.89. The van der Waals surface area contributed by atoms with Crippen LogP contribution in [0.1, 0.15) is 57.0 Å². The Labute approximate surface area is 182 Å². The van der Waals surface area contributed by atoms with Gasteiger partial charge < -0.3 is 4.42 Å². The first-order chi connectivity index (χ1) is 14.7. The zero-order chi connectivity index (χ0) is 21.7. The molecule has 0 amide bonds. The summed E-state index contributed by atoms with van der Waals surface area (Å²) in [7, 11) is 0. The number of hydrogen-bond donors (Lipinski definition) is 0. The highest BCUT2D eigenvalue weighted by Gasteiger charge is 2.37. The number of furan rings is 1. The molecule has 3 heteroatoms. The van der Waals surface area contributed by atoms with Crippen molar-refractivity contribution in [2.45, 2.75) is 52.4 Å². The predicted molar refractivity (Wildman–Crippen MR) is 128 cm³/mol. The summed E-state index contributed by atoms with van der Waals surface area (Å²) in [4.78, 5) is 10.3. The minimum atomic E-state index is -0.315. The number of rotatable bonds is 0. The summed E-state index contributed by atoms with van der Waals surface area (Å²) >= 11 is 0. The number of aromatic nitrogens is 2. The molecule has 0 aliphatic heterocycles. The lowest BCUT2D eigenvalue weighted by Crippen LogP contribution is -2.22. The molecule has 0 bridgehead atoms. The summed E-state index contributed by atoms with van der Waals surface area (Å²) in [6.45, 7) is 13.4. The number of fused-ring (bicyclic) bond motifs is 3. The van der Waals surface area contributed by atoms with Crippen LogP contribution in [-0.2, 0) is 10.8 Å². The summed E-state index contributed by atoms with van der Waals surface area (Å²) < 4.78 is 6.65. The second-order valence-electron chi connectivity index (χ2n) is 10.4. The van der Waals surface area contributed by atoms with Gasteiger partial charge in [-0.25, -0.2) is 9.97 Å². The maximum atomic E-state index is 6.65. The van der Waals surface area contributed by atoms with Crippen LogP contribution in [0.4, 0.5) is 0 Å². The number of nitrogens with zero attached hydrogens (tertiary/aromatic N) is 2. The van der Waals surface area contributed by atoms with Crippen LogP contribution in [0.3, 0.4) is 0 Å². The van der Waals surface area contributed by atoms with Crippen LogP contribution in [0.25, 0.3) is 44.2 Å². The molecule has 0 saturated heterocycles. The summed E-state index contributed by atoms with van der Waals surface area (Å²) in [5.41, 5.74) is 10.2. The molecule has 3 nitrogen and oxygen atoms in total. The van der Waals surface area contributed by atoms with Gasteiger partial charge in [0.05, 0.1) is 22.4 Å². The smallest absolute Gasteiger partial charge is 0.139 e. The van der Waals surface area contributed by atoms with Gasteiger partial charge in [0.1, 0.15) is 11.2 Å². The third-order valence-electron chi connectivity index (χ3n) is 6.87. The van der Waals surface area contributed by atoms with Crippen molar-refractivity contribution in [3.63, 3.8) is 0 Å². The molecule has 0 unspecified atom stereocenters. The quantitative estimate of drug-likeness (QED) is 0.268. The lowest BCUT2D eigenvalue weighted by atomic mass is 9.77. The van der Waals surface area contributed by atoms with Crippen molar-refractivity contribution >= 4 is 33.0 Å². The fourth-order valence-electron chi connectivity index (χ4n) is 5.17. The van der Waals surface area contributed by atoms with Crippen LogP contribution in [0.2, 0.25) is 0 Å². The van der Waals surface area contributed by atoms with E-state index in [1.807, 2.05) is 18.2 Å². The van der Waals surface area contributed by atoms with Crippen LogP contribution < -0.4 is 0 Å². The van der Waals surface area contributed by atoms with Crippen molar-refractivity contribution in [2.24, 2.45) is 0 Å². The molecule has 5 aromatic rings. The first-order valence-electron chi connectivity index (χ1n) is 11.0. The Hall–Kier alpha value is -3.20. The first-order valence-corrected chi connectivity index (χ1v) is 11.0. The number of aryl methyl sites for hydroxylation is 1. The van der Waals surface area contributed by atoms with Gasteiger partial charge in [0.25, 0.3) is 0 Å². The minimum Gasteiger partial charge on any atom is -0.455 e. The molecule has 1 aliphatic carbocycles. The Bertz CT molecular complexity index is 1550. The van der Waals surface area contributed by atoms with Crippen LogP contribution in [0.5, 0.6) is 0 Å². The van der Waals surface area contributed by atoms with Gasteiger partial charge in [-0.2, -0.15) is 0 Å². The summed E-state index contributed by atoms with van der Waals surface area (Å²) in [6, 6.07) is 17.0. The molecule has 0 saturated carbocycles. The van der Waals surface area contributed by atoms with Gasteiger partial charge >= 0.3 is 0 Å². The van der Waals surface area contributed by atoms with Crippen molar-refractivity contribution in [2.75, 3.05) is 0 Å². The Kier molecular flexibility index (Phi) is 3.43. The average Bonchev–Trinajstić information content (AvgIpc) is 3.09. The summed E-state index contributed by atoms with van der Waals surface area (Å²) in [5, 5.41) is 2.39. The molecule has 2 aromatic heterocycles. The average molecular weight is 407 g/mol. The molecule has 1 aliphatic rings. The fourth-order valence-corrected chi connectivity index (χ4v) is 5.17. The first kappa shape index (κ1) is 18.6. The van der Waals surface area contributed by atoms with E-state index >= 15 is 0 Å². The van der Waals surface area contributed by atoms with Gasteiger partial charge in [-0.3, -0.25) is 0 Å². The largest absolute Gasteiger partial charge is 0.455 e. The van der Waals surface area contributed by atoms with Crippen LogP contribution >= 0.6 is 0 Å². The molecular weight excluding hydrogens is 380 g/mol. The highest BCUT2D eigenvalue weighted by atomic mass is 16.3. The van der Waals surface area contributed by atoms with E-state index in [0.29, 0.717) is 0 Å². The van der Waals surface area contributed by atoms with E-state index < -0.39 is 0 Å². The summed E-state index contributed by atoms with van der Waals surface area (Å²) in [5.74, 6) is 0. The van der Waals surface area contributed by atoms with E-state index in [1.54, 1.807) is 0 Å².